The summed E-state index contributed by atoms with van der Waals surface area (Å²) in [6.07, 6.45) is 7.36. The van der Waals surface area contributed by atoms with Crippen LogP contribution in [0.2, 0.25) is 0 Å². The predicted octanol–water partition coefficient (Wildman–Crippen LogP) is 3.69. The molecule has 0 aliphatic heterocycles. The highest BCUT2D eigenvalue weighted by Gasteiger charge is 2.00. The van der Waals surface area contributed by atoms with Crippen LogP contribution in [0.25, 0.3) is 0 Å². The lowest BCUT2D eigenvalue weighted by Crippen LogP contribution is -2.03. The van der Waals surface area contributed by atoms with E-state index in [2.05, 4.69) is 11.7 Å². The monoisotopic (exact) mass is 205 g/mol. The third kappa shape index (κ3) is 9.56. The minimum Gasteiger partial charge on any atom is -0.466 e. The van der Waals surface area contributed by atoms with Crippen LogP contribution in [0, 0.1) is 0 Å². The minimum absolute atomic E-state index is 0.0728. The molecular weight excluding hydrogens is 176 g/mol. The van der Waals surface area contributed by atoms with Gasteiger partial charge in [0.15, 0.2) is 0 Å². The molecule has 0 spiro atoms. The molecule has 14 heavy (non-hydrogen) atoms. The lowest BCUT2D eigenvalue weighted by molar-refractivity contribution is -0.143. The Morgan fingerprint density at radius 1 is 1.21 bits per heavy atom. The molecule has 0 aromatic rings. The highest BCUT2D eigenvalue weighted by Crippen LogP contribution is 2.08. The van der Waals surface area contributed by atoms with E-state index in [0.29, 0.717) is 6.42 Å². The van der Waals surface area contributed by atoms with Crippen LogP contribution in [-0.2, 0) is 9.53 Å². The molecule has 0 aromatic carbocycles. The molecule has 0 N–H and O–H groups in total. The van der Waals surface area contributed by atoms with Crippen molar-refractivity contribution in [2.45, 2.75) is 65.1 Å². The maximum atomic E-state index is 11.3. The summed E-state index contributed by atoms with van der Waals surface area (Å²) in [6.45, 7) is -3.69. The lowest BCUT2D eigenvalue weighted by atomic mass is 10.1. The van der Waals surface area contributed by atoms with Crippen LogP contribution in [0.15, 0.2) is 0 Å². The second-order valence-electron chi connectivity index (χ2n) is 3.45. The number of esters is 1. The number of carbonyl (C=O) groups excluding carboxylic acids is 1. The summed E-state index contributed by atoms with van der Waals surface area (Å²) in [5.74, 6) is -0.783. The van der Waals surface area contributed by atoms with E-state index in [1.54, 1.807) is 0 Å². The molecule has 0 aromatic heterocycles. The minimum atomic E-state index is -2.94. The predicted molar refractivity (Wildman–Crippen MR) is 59.2 cm³/mol. The summed E-state index contributed by atoms with van der Waals surface area (Å²) in [5, 5.41) is 0. The maximum absolute atomic E-state index is 11.3. The lowest BCUT2D eigenvalue weighted by Gasteiger charge is -2.01. The second kappa shape index (κ2) is 10.6. The van der Waals surface area contributed by atoms with Gasteiger partial charge in [0, 0.05) is 10.5 Å². The molecule has 0 saturated carbocycles. The molecule has 0 rings (SSSR count). The topological polar surface area (TPSA) is 26.3 Å². The third-order valence-corrected chi connectivity index (χ3v) is 2.15. The summed E-state index contributed by atoms with van der Waals surface area (Å²) >= 11 is 0. The largest absolute Gasteiger partial charge is 0.466 e. The van der Waals surface area contributed by atoms with E-state index in [1.807, 2.05) is 0 Å². The fourth-order valence-corrected chi connectivity index (χ4v) is 1.33. The smallest absolute Gasteiger partial charge is 0.305 e. The number of unbranched alkanes of at least 4 members (excludes halogenated alkanes) is 6. The van der Waals surface area contributed by atoms with Crippen LogP contribution in [0.5, 0.6) is 0 Å². The molecule has 0 aliphatic rings. The zero-order valence-corrected chi connectivity index (χ0v) is 8.97. The molecule has 0 bridgehead atoms. The molecular formula is C12H24O2. The van der Waals surface area contributed by atoms with Crippen molar-refractivity contribution >= 4 is 5.97 Å². The zero-order valence-electron chi connectivity index (χ0n) is 14.0. The van der Waals surface area contributed by atoms with E-state index < -0.39 is 19.4 Å². The SMILES string of the molecule is [2H]C([2H])([2H])C([2H])([2H])OC(=O)CCCCCCCCC. The first-order valence-corrected chi connectivity index (χ1v) is 5.42. The van der Waals surface area contributed by atoms with Crippen LogP contribution < -0.4 is 0 Å². The van der Waals surface area contributed by atoms with Gasteiger partial charge in [0.05, 0.1) is 9.30 Å². The van der Waals surface area contributed by atoms with E-state index in [9.17, 15) is 4.79 Å². The Morgan fingerprint density at radius 2 is 1.86 bits per heavy atom. The van der Waals surface area contributed by atoms with Crippen molar-refractivity contribution in [3.05, 3.63) is 0 Å². The molecule has 0 heterocycles. The summed E-state index contributed by atoms with van der Waals surface area (Å²) < 4.78 is 39.5. The van der Waals surface area contributed by atoms with Crippen LogP contribution >= 0.6 is 0 Å². The standard InChI is InChI=1S/C12H24O2/c1-3-5-6-7-8-9-10-11-12(13)14-4-2/h3-11H2,1-2H3/i2D3,4D2. The Hall–Kier alpha value is -0.530. The van der Waals surface area contributed by atoms with Crippen molar-refractivity contribution in [2.75, 3.05) is 6.56 Å². The van der Waals surface area contributed by atoms with Gasteiger partial charge < -0.3 is 4.74 Å². The van der Waals surface area contributed by atoms with Gasteiger partial charge in [0.25, 0.3) is 0 Å². The van der Waals surface area contributed by atoms with Gasteiger partial charge in [-0.05, 0) is 13.3 Å². The first-order valence-electron chi connectivity index (χ1n) is 7.92. The van der Waals surface area contributed by atoms with E-state index in [4.69, 9.17) is 6.85 Å². The Labute approximate surface area is 95.1 Å². The van der Waals surface area contributed by atoms with E-state index >= 15 is 0 Å². The molecule has 0 atom stereocenters. The zero-order chi connectivity index (χ0) is 14.9. The van der Waals surface area contributed by atoms with E-state index in [-0.39, 0.29) is 6.42 Å². The molecule has 0 fully saturated rings. The summed E-state index contributed by atoms with van der Waals surface area (Å²) in [5.41, 5.74) is 0. The Bertz CT molecular complexity index is 263. The van der Waals surface area contributed by atoms with Crippen LogP contribution in [0.3, 0.4) is 0 Å². The van der Waals surface area contributed by atoms with E-state index in [0.717, 1.165) is 19.3 Å². The molecule has 2 nitrogen and oxygen atoms in total. The molecule has 0 aliphatic carbocycles. The third-order valence-electron chi connectivity index (χ3n) is 2.15. The summed E-state index contributed by atoms with van der Waals surface area (Å²) in [7, 11) is 0. The van der Waals surface area contributed by atoms with Gasteiger partial charge in [0.1, 0.15) is 0 Å². The van der Waals surface area contributed by atoms with Gasteiger partial charge in [-0.25, -0.2) is 0 Å². The number of carbonyl (C=O) groups is 1. The quantitative estimate of drug-likeness (QED) is 0.424. The van der Waals surface area contributed by atoms with Crippen LogP contribution in [0.4, 0.5) is 0 Å². The van der Waals surface area contributed by atoms with Crippen molar-refractivity contribution in [2.24, 2.45) is 0 Å². The Balaban J connectivity index is 3.71. The summed E-state index contributed by atoms with van der Waals surface area (Å²) in [6, 6.07) is 0. The van der Waals surface area contributed by atoms with Crippen molar-refractivity contribution in [3.8, 4) is 0 Å². The van der Waals surface area contributed by atoms with Crippen molar-refractivity contribution in [1.82, 2.24) is 0 Å². The molecule has 2 heteroatoms. The fraction of sp³-hybridized carbons (Fsp3) is 0.917. The normalized spacial score (nSPS) is 17.4. The number of ether oxygens (including phenoxy) is 1. The molecule has 0 radical (unpaired) electrons. The highest BCUT2D eigenvalue weighted by atomic mass is 16.5. The average Bonchev–Trinajstić information content (AvgIpc) is 2.25. The van der Waals surface area contributed by atoms with Gasteiger partial charge in [-0.15, -0.1) is 0 Å². The van der Waals surface area contributed by atoms with Gasteiger partial charge in [0.2, 0.25) is 0 Å². The van der Waals surface area contributed by atoms with Gasteiger partial charge in [-0.1, -0.05) is 45.4 Å². The van der Waals surface area contributed by atoms with Crippen LogP contribution in [0.1, 0.15) is 72.0 Å². The fourth-order valence-electron chi connectivity index (χ4n) is 1.33. The van der Waals surface area contributed by atoms with Gasteiger partial charge in [-0.2, -0.15) is 0 Å². The Kier molecular flexibility index (Phi) is 5.17. The van der Waals surface area contributed by atoms with Crippen molar-refractivity contribution in [1.29, 1.82) is 0 Å². The Morgan fingerprint density at radius 3 is 2.50 bits per heavy atom. The molecule has 0 amide bonds. The van der Waals surface area contributed by atoms with Gasteiger partial charge in [-0.3, -0.25) is 4.79 Å². The molecule has 0 saturated heterocycles. The number of hydrogen-bond acceptors (Lipinski definition) is 2. The van der Waals surface area contributed by atoms with Crippen LogP contribution in [-0.4, -0.2) is 12.5 Å². The van der Waals surface area contributed by atoms with Crippen molar-refractivity contribution < 1.29 is 16.4 Å². The number of hydrogen-bond donors (Lipinski definition) is 0. The first-order chi connectivity index (χ1) is 8.70. The average molecular weight is 205 g/mol. The number of rotatable bonds is 9. The van der Waals surface area contributed by atoms with Crippen molar-refractivity contribution in [3.63, 3.8) is 0 Å². The highest BCUT2D eigenvalue weighted by molar-refractivity contribution is 5.69. The first kappa shape index (κ1) is 6.86. The molecule has 84 valence electrons. The van der Waals surface area contributed by atoms with E-state index in [1.165, 1.54) is 19.3 Å². The van der Waals surface area contributed by atoms with Gasteiger partial charge >= 0.3 is 5.97 Å². The second-order valence-corrected chi connectivity index (χ2v) is 3.45. The summed E-state index contributed by atoms with van der Waals surface area (Å²) in [4.78, 5) is 11.3. The molecule has 0 unspecified atom stereocenters. The maximum Gasteiger partial charge on any atom is 0.305 e.